The third kappa shape index (κ3) is 4.94. The fourth-order valence-electron chi connectivity index (χ4n) is 1.97. The Morgan fingerprint density at radius 1 is 1.26 bits per heavy atom. The van der Waals surface area contributed by atoms with Crippen molar-refractivity contribution in [2.45, 2.75) is 19.1 Å². The lowest BCUT2D eigenvalue weighted by molar-refractivity contribution is -0.138. The SMILES string of the molecule is NC(Cc1cc(Br)c(OCc2ccccc2Cl)c(Br)c1)C(=O)O. The van der Waals surface area contributed by atoms with E-state index in [-0.39, 0.29) is 6.42 Å². The quantitative estimate of drug-likeness (QED) is 0.666. The fraction of sp³-hybridized carbons (Fsp3) is 0.188. The zero-order valence-electron chi connectivity index (χ0n) is 11.9. The molecule has 2 aromatic carbocycles. The first-order valence-electron chi connectivity index (χ1n) is 6.71. The molecule has 0 amide bonds. The van der Waals surface area contributed by atoms with Crippen LogP contribution < -0.4 is 10.5 Å². The van der Waals surface area contributed by atoms with Gasteiger partial charge in [-0.05, 0) is 62.0 Å². The maximum atomic E-state index is 10.8. The van der Waals surface area contributed by atoms with Gasteiger partial charge in [0, 0.05) is 10.6 Å². The number of aliphatic carboxylic acids is 1. The summed E-state index contributed by atoms with van der Waals surface area (Å²) < 4.78 is 7.24. The van der Waals surface area contributed by atoms with Crippen LogP contribution in [0.2, 0.25) is 5.02 Å². The molecule has 0 spiro atoms. The lowest BCUT2D eigenvalue weighted by atomic mass is 10.1. The summed E-state index contributed by atoms with van der Waals surface area (Å²) in [5.41, 5.74) is 7.24. The van der Waals surface area contributed by atoms with Crippen LogP contribution in [0.4, 0.5) is 0 Å². The average Bonchev–Trinajstić information content (AvgIpc) is 2.48. The molecule has 0 saturated heterocycles. The van der Waals surface area contributed by atoms with Crippen LogP contribution in [-0.2, 0) is 17.8 Å². The number of carboxylic acids is 1. The second kappa shape index (κ2) is 8.15. The molecule has 0 saturated carbocycles. The van der Waals surface area contributed by atoms with Gasteiger partial charge >= 0.3 is 5.97 Å². The number of hydrogen-bond acceptors (Lipinski definition) is 3. The van der Waals surface area contributed by atoms with Crippen molar-refractivity contribution in [2.75, 3.05) is 0 Å². The van der Waals surface area contributed by atoms with Gasteiger partial charge in [0.25, 0.3) is 0 Å². The van der Waals surface area contributed by atoms with Gasteiger partial charge < -0.3 is 15.6 Å². The summed E-state index contributed by atoms with van der Waals surface area (Å²) >= 11 is 13.0. The largest absolute Gasteiger partial charge is 0.486 e. The Morgan fingerprint density at radius 2 is 1.87 bits per heavy atom. The first-order chi connectivity index (χ1) is 10.9. The molecule has 0 aromatic heterocycles. The lowest BCUT2D eigenvalue weighted by Crippen LogP contribution is -2.32. The number of hydrogen-bond donors (Lipinski definition) is 2. The molecular formula is C16H14Br2ClNO3. The van der Waals surface area contributed by atoms with Gasteiger partial charge in [-0.25, -0.2) is 0 Å². The van der Waals surface area contributed by atoms with Gasteiger partial charge in [-0.2, -0.15) is 0 Å². The molecule has 2 aromatic rings. The van der Waals surface area contributed by atoms with Crippen LogP contribution in [0.3, 0.4) is 0 Å². The van der Waals surface area contributed by atoms with Gasteiger partial charge in [0.2, 0.25) is 0 Å². The summed E-state index contributed by atoms with van der Waals surface area (Å²) in [6.07, 6.45) is 0.233. The van der Waals surface area contributed by atoms with Crippen LogP contribution in [0.25, 0.3) is 0 Å². The van der Waals surface area contributed by atoms with E-state index in [4.69, 9.17) is 27.2 Å². The van der Waals surface area contributed by atoms with E-state index in [2.05, 4.69) is 31.9 Å². The van der Waals surface area contributed by atoms with Crippen molar-refractivity contribution in [1.29, 1.82) is 0 Å². The molecule has 0 aliphatic rings. The molecule has 3 N–H and O–H groups in total. The fourth-order valence-corrected chi connectivity index (χ4v) is 3.68. The molecule has 0 aliphatic carbocycles. The van der Waals surface area contributed by atoms with Gasteiger partial charge in [-0.3, -0.25) is 4.79 Å². The summed E-state index contributed by atoms with van der Waals surface area (Å²) in [6.45, 7) is 0.324. The average molecular weight is 464 g/mol. The maximum Gasteiger partial charge on any atom is 0.320 e. The Kier molecular flexibility index (Phi) is 6.47. The highest BCUT2D eigenvalue weighted by Gasteiger charge is 2.15. The minimum absolute atomic E-state index is 0.233. The Labute approximate surface area is 155 Å². The van der Waals surface area contributed by atoms with Crippen LogP contribution >= 0.6 is 43.5 Å². The van der Waals surface area contributed by atoms with Gasteiger partial charge in [0.1, 0.15) is 18.4 Å². The van der Waals surface area contributed by atoms with E-state index in [9.17, 15) is 4.79 Å². The van der Waals surface area contributed by atoms with Gasteiger partial charge in [-0.1, -0.05) is 29.8 Å². The monoisotopic (exact) mass is 461 g/mol. The van der Waals surface area contributed by atoms with E-state index in [1.807, 2.05) is 18.2 Å². The molecule has 122 valence electrons. The Bertz CT molecular complexity index is 701. The zero-order chi connectivity index (χ0) is 17.0. The predicted octanol–water partition coefficient (Wildman–Crippen LogP) is 4.40. The second-order valence-electron chi connectivity index (χ2n) is 4.92. The highest BCUT2D eigenvalue weighted by molar-refractivity contribution is 9.11. The minimum atomic E-state index is -1.03. The van der Waals surface area contributed by atoms with Gasteiger partial charge in [0.15, 0.2) is 0 Å². The number of carboxylic acid groups (broad SMARTS) is 1. The van der Waals surface area contributed by atoms with Crippen molar-refractivity contribution >= 4 is 49.4 Å². The highest BCUT2D eigenvalue weighted by Crippen LogP contribution is 2.36. The van der Waals surface area contributed by atoms with Crippen molar-refractivity contribution in [3.63, 3.8) is 0 Å². The first-order valence-corrected chi connectivity index (χ1v) is 8.67. The summed E-state index contributed by atoms with van der Waals surface area (Å²) in [5, 5.41) is 9.53. The van der Waals surface area contributed by atoms with Crippen molar-refractivity contribution in [1.82, 2.24) is 0 Å². The summed E-state index contributed by atoms with van der Waals surface area (Å²) in [4.78, 5) is 10.8. The van der Waals surface area contributed by atoms with E-state index < -0.39 is 12.0 Å². The number of rotatable bonds is 6. The van der Waals surface area contributed by atoms with E-state index in [0.29, 0.717) is 26.3 Å². The number of halogens is 3. The summed E-state index contributed by atoms with van der Waals surface area (Å²) in [5.74, 6) is -0.408. The summed E-state index contributed by atoms with van der Waals surface area (Å²) in [6, 6.07) is 10.1. The number of carbonyl (C=O) groups is 1. The third-order valence-electron chi connectivity index (χ3n) is 3.16. The molecule has 0 fully saturated rings. The first kappa shape index (κ1) is 18.3. The minimum Gasteiger partial charge on any atom is -0.486 e. The highest BCUT2D eigenvalue weighted by atomic mass is 79.9. The van der Waals surface area contributed by atoms with E-state index in [1.54, 1.807) is 18.2 Å². The second-order valence-corrected chi connectivity index (χ2v) is 7.03. The van der Waals surface area contributed by atoms with E-state index in [0.717, 1.165) is 11.1 Å². The van der Waals surface area contributed by atoms with Crippen molar-refractivity contribution < 1.29 is 14.6 Å². The molecule has 0 radical (unpaired) electrons. The Morgan fingerprint density at radius 3 is 2.43 bits per heavy atom. The van der Waals surface area contributed by atoms with Crippen LogP contribution in [0, 0.1) is 0 Å². The third-order valence-corrected chi connectivity index (χ3v) is 4.71. The maximum absolute atomic E-state index is 10.8. The molecule has 0 heterocycles. The zero-order valence-corrected chi connectivity index (χ0v) is 15.9. The molecule has 2 rings (SSSR count). The molecule has 0 aliphatic heterocycles. The van der Waals surface area contributed by atoms with Crippen molar-refractivity contribution in [3.05, 3.63) is 61.5 Å². The smallest absolute Gasteiger partial charge is 0.320 e. The standard InChI is InChI=1S/C16H14Br2ClNO3/c17-11-5-9(7-14(20)16(21)22)6-12(18)15(11)23-8-10-3-1-2-4-13(10)19/h1-6,14H,7-8,20H2,(H,21,22). The Balaban J connectivity index is 2.14. The molecule has 7 heteroatoms. The van der Waals surface area contributed by atoms with Crippen LogP contribution in [0.1, 0.15) is 11.1 Å². The molecule has 1 unspecified atom stereocenters. The summed E-state index contributed by atoms with van der Waals surface area (Å²) in [7, 11) is 0. The van der Waals surface area contributed by atoms with E-state index in [1.165, 1.54) is 0 Å². The van der Waals surface area contributed by atoms with Crippen molar-refractivity contribution in [3.8, 4) is 5.75 Å². The molecule has 0 bridgehead atoms. The van der Waals surface area contributed by atoms with Crippen LogP contribution in [0.5, 0.6) is 5.75 Å². The number of benzene rings is 2. The normalized spacial score (nSPS) is 12.0. The van der Waals surface area contributed by atoms with Crippen LogP contribution in [0.15, 0.2) is 45.3 Å². The van der Waals surface area contributed by atoms with E-state index >= 15 is 0 Å². The lowest BCUT2D eigenvalue weighted by Gasteiger charge is -2.14. The number of nitrogens with two attached hydrogens (primary N) is 1. The topological polar surface area (TPSA) is 72.5 Å². The number of ether oxygens (including phenoxy) is 1. The van der Waals surface area contributed by atoms with Crippen molar-refractivity contribution in [2.24, 2.45) is 5.73 Å². The Hall–Kier alpha value is -1.08. The van der Waals surface area contributed by atoms with Crippen LogP contribution in [-0.4, -0.2) is 17.1 Å². The van der Waals surface area contributed by atoms with Gasteiger partial charge in [0.05, 0.1) is 8.95 Å². The molecule has 4 nitrogen and oxygen atoms in total. The van der Waals surface area contributed by atoms with Gasteiger partial charge in [-0.15, -0.1) is 0 Å². The predicted molar refractivity (Wildman–Crippen MR) is 96.9 cm³/mol. The molecule has 23 heavy (non-hydrogen) atoms. The molecule has 1 atom stereocenters. The molecular weight excluding hydrogens is 449 g/mol.